The van der Waals surface area contributed by atoms with Gasteiger partial charge in [-0.05, 0) is 36.4 Å². The van der Waals surface area contributed by atoms with Crippen molar-refractivity contribution in [2.24, 2.45) is 5.92 Å². The standard InChI is InChI=1S/C17H25NS/c1-4-8-13(3)11-15(18-5-2)17-12-14-9-6-7-10-16(14)19-17/h6-7,9-10,12-13,15,18H,4-5,8,11H2,1-3H3. The van der Waals surface area contributed by atoms with E-state index < -0.39 is 0 Å². The Morgan fingerprint density at radius 1 is 1.21 bits per heavy atom. The second kappa shape index (κ2) is 7.06. The van der Waals surface area contributed by atoms with Crippen molar-refractivity contribution in [3.63, 3.8) is 0 Å². The quantitative estimate of drug-likeness (QED) is 0.715. The Hall–Kier alpha value is -0.860. The lowest BCUT2D eigenvalue weighted by Gasteiger charge is -2.20. The molecule has 0 saturated carbocycles. The maximum absolute atomic E-state index is 3.66. The molecule has 0 amide bonds. The van der Waals surface area contributed by atoms with Crippen LogP contribution < -0.4 is 5.32 Å². The number of thiophene rings is 1. The van der Waals surface area contributed by atoms with Crippen molar-refractivity contribution in [3.8, 4) is 0 Å². The van der Waals surface area contributed by atoms with Gasteiger partial charge >= 0.3 is 0 Å². The van der Waals surface area contributed by atoms with Crippen molar-refractivity contribution in [1.29, 1.82) is 0 Å². The van der Waals surface area contributed by atoms with Crippen LogP contribution in [0.15, 0.2) is 30.3 Å². The first-order valence-corrected chi connectivity index (χ1v) is 8.28. The topological polar surface area (TPSA) is 12.0 Å². The van der Waals surface area contributed by atoms with Crippen LogP contribution in [0.5, 0.6) is 0 Å². The smallest absolute Gasteiger partial charge is 0.0417 e. The maximum Gasteiger partial charge on any atom is 0.0417 e. The second-order valence-electron chi connectivity index (χ2n) is 5.43. The molecule has 2 heteroatoms. The molecule has 0 aliphatic carbocycles. The number of hydrogen-bond donors (Lipinski definition) is 1. The van der Waals surface area contributed by atoms with E-state index in [-0.39, 0.29) is 0 Å². The number of nitrogens with one attached hydrogen (secondary N) is 1. The molecule has 104 valence electrons. The SMILES string of the molecule is CCCC(C)CC(NCC)c1cc2ccccc2s1. The normalized spacial score (nSPS) is 14.7. The van der Waals surface area contributed by atoms with E-state index in [9.17, 15) is 0 Å². The molecule has 0 aliphatic rings. The molecule has 1 aromatic heterocycles. The van der Waals surface area contributed by atoms with Crippen molar-refractivity contribution >= 4 is 21.4 Å². The Balaban J connectivity index is 2.17. The molecule has 19 heavy (non-hydrogen) atoms. The van der Waals surface area contributed by atoms with Gasteiger partial charge in [0.1, 0.15) is 0 Å². The summed E-state index contributed by atoms with van der Waals surface area (Å²) in [5.74, 6) is 0.791. The third-order valence-electron chi connectivity index (χ3n) is 3.66. The largest absolute Gasteiger partial charge is 0.310 e. The molecule has 0 fully saturated rings. The summed E-state index contributed by atoms with van der Waals surface area (Å²) in [6.07, 6.45) is 3.85. The Bertz CT molecular complexity index is 470. The number of hydrogen-bond acceptors (Lipinski definition) is 2. The summed E-state index contributed by atoms with van der Waals surface area (Å²) in [4.78, 5) is 1.49. The van der Waals surface area contributed by atoms with Gasteiger partial charge < -0.3 is 5.32 Å². The highest BCUT2D eigenvalue weighted by molar-refractivity contribution is 7.19. The van der Waals surface area contributed by atoms with Crippen molar-refractivity contribution < 1.29 is 0 Å². The molecule has 1 heterocycles. The van der Waals surface area contributed by atoms with E-state index in [4.69, 9.17) is 0 Å². The maximum atomic E-state index is 3.66. The fourth-order valence-corrected chi connectivity index (χ4v) is 3.89. The first kappa shape index (κ1) is 14.5. The van der Waals surface area contributed by atoms with Crippen LogP contribution in [0.25, 0.3) is 10.1 Å². The zero-order chi connectivity index (χ0) is 13.7. The predicted molar refractivity (Wildman–Crippen MR) is 86.9 cm³/mol. The molecular weight excluding hydrogens is 250 g/mol. The van der Waals surface area contributed by atoms with Crippen molar-refractivity contribution in [3.05, 3.63) is 35.2 Å². The van der Waals surface area contributed by atoms with Gasteiger partial charge in [-0.3, -0.25) is 0 Å². The van der Waals surface area contributed by atoms with Crippen molar-refractivity contribution in [2.75, 3.05) is 6.54 Å². The fourth-order valence-electron chi connectivity index (χ4n) is 2.73. The number of benzene rings is 1. The van der Waals surface area contributed by atoms with Gasteiger partial charge in [-0.1, -0.05) is 51.8 Å². The molecular formula is C17H25NS. The minimum atomic E-state index is 0.518. The molecule has 1 N–H and O–H groups in total. The molecule has 1 nitrogen and oxygen atoms in total. The Labute approximate surface area is 121 Å². The molecule has 1 aromatic carbocycles. The van der Waals surface area contributed by atoms with Gasteiger partial charge in [0.05, 0.1) is 0 Å². The molecule has 0 aliphatic heterocycles. The van der Waals surface area contributed by atoms with Crippen LogP contribution in [-0.4, -0.2) is 6.54 Å². The van der Waals surface area contributed by atoms with E-state index in [1.54, 1.807) is 0 Å². The Kier molecular flexibility index (Phi) is 5.41. The van der Waals surface area contributed by atoms with E-state index in [0.717, 1.165) is 12.5 Å². The minimum absolute atomic E-state index is 0.518. The van der Waals surface area contributed by atoms with Crippen LogP contribution in [0.4, 0.5) is 0 Å². The minimum Gasteiger partial charge on any atom is -0.310 e. The van der Waals surface area contributed by atoms with E-state index in [1.165, 1.54) is 34.2 Å². The summed E-state index contributed by atoms with van der Waals surface area (Å²) < 4.78 is 1.41. The average Bonchev–Trinajstić information content (AvgIpc) is 2.82. The van der Waals surface area contributed by atoms with Gasteiger partial charge in [-0.2, -0.15) is 0 Å². The highest BCUT2D eigenvalue weighted by Gasteiger charge is 2.16. The lowest BCUT2D eigenvalue weighted by Crippen LogP contribution is -2.22. The molecule has 2 unspecified atom stereocenters. The van der Waals surface area contributed by atoms with Gasteiger partial charge in [0.25, 0.3) is 0 Å². The van der Waals surface area contributed by atoms with Crippen LogP contribution >= 0.6 is 11.3 Å². The fraction of sp³-hybridized carbons (Fsp3) is 0.529. The third kappa shape index (κ3) is 3.80. The summed E-state index contributed by atoms with van der Waals surface area (Å²) in [5, 5.41) is 5.04. The van der Waals surface area contributed by atoms with Crippen LogP contribution in [0.3, 0.4) is 0 Å². The van der Waals surface area contributed by atoms with Crippen LogP contribution in [0.2, 0.25) is 0 Å². The molecule has 0 bridgehead atoms. The summed E-state index contributed by atoms with van der Waals surface area (Å²) in [5.41, 5.74) is 0. The van der Waals surface area contributed by atoms with Crippen molar-refractivity contribution in [2.45, 2.75) is 46.1 Å². The second-order valence-corrected chi connectivity index (χ2v) is 6.54. The summed E-state index contributed by atoms with van der Waals surface area (Å²) >= 11 is 1.94. The lowest BCUT2D eigenvalue weighted by molar-refractivity contribution is 0.399. The molecule has 2 aromatic rings. The van der Waals surface area contributed by atoms with Gasteiger partial charge in [0.2, 0.25) is 0 Å². The van der Waals surface area contributed by atoms with E-state index >= 15 is 0 Å². The van der Waals surface area contributed by atoms with Gasteiger partial charge in [-0.25, -0.2) is 0 Å². The van der Waals surface area contributed by atoms with Crippen LogP contribution in [0, 0.1) is 5.92 Å². The average molecular weight is 275 g/mol. The highest BCUT2D eigenvalue weighted by atomic mass is 32.1. The Morgan fingerprint density at radius 3 is 2.68 bits per heavy atom. The van der Waals surface area contributed by atoms with Crippen molar-refractivity contribution in [1.82, 2.24) is 5.32 Å². The first-order valence-electron chi connectivity index (χ1n) is 7.46. The van der Waals surface area contributed by atoms with E-state index in [2.05, 4.69) is 56.4 Å². The van der Waals surface area contributed by atoms with Gasteiger partial charge in [0.15, 0.2) is 0 Å². The Morgan fingerprint density at radius 2 is 2.00 bits per heavy atom. The summed E-state index contributed by atoms with van der Waals surface area (Å²) in [6, 6.07) is 11.6. The van der Waals surface area contributed by atoms with E-state index in [0.29, 0.717) is 6.04 Å². The van der Waals surface area contributed by atoms with Gasteiger partial charge in [-0.15, -0.1) is 11.3 Å². The highest BCUT2D eigenvalue weighted by Crippen LogP contribution is 2.33. The zero-order valence-corrected chi connectivity index (χ0v) is 13.1. The van der Waals surface area contributed by atoms with Gasteiger partial charge in [0, 0.05) is 15.6 Å². The number of rotatable bonds is 7. The monoisotopic (exact) mass is 275 g/mol. The van der Waals surface area contributed by atoms with Crippen LogP contribution in [0.1, 0.15) is 51.0 Å². The third-order valence-corrected chi connectivity index (χ3v) is 4.89. The lowest BCUT2D eigenvalue weighted by atomic mass is 9.96. The molecule has 2 atom stereocenters. The zero-order valence-electron chi connectivity index (χ0n) is 12.3. The van der Waals surface area contributed by atoms with E-state index in [1.807, 2.05) is 11.3 Å². The molecule has 0 spiro atoms. The summed E-state index contributed by atoms with van der Waals surface area (Å²) in [7, 11) is 0. The molecule has 0 radical (unpaired) electrons. The summed E-state index contributed by atoms with van der Waals surface area (Å²) in [6.45, 7) is 7.89. The van der Waals surface area contributed by atoms with Crippen LogP contribution in [-0.2, 0) is 0 Å². The number of fused-ring (bicyclic) bond motifs is 1. The first-order chi connectivity index (χ1) is 9.24. The predicted octanol–water partition coefficient (Wildman–Crippen LogP) is 5.38. The molecule has 0 saturated heterocycles. The molecule has 2 rings (SSSR count).